The van der Waals surface area contributed by atoms with Crippen molar-refractivity contribution in [1.29, 1.82) is 0 Å². The molecule has 1 saturated carbocycles. The molecule has 1 unspecified atom stereocenters. The number of halogens is 4. The SMILES string of the molecule is CCn1nc(C(=O)NCC2CCC(S(C)(=O)=O)CC2)c(Cl)c1-c1cnc(NC(C)C(F)(F)F)cc1OC. The van der Waals surface area contributed by atoms with Crippen molar-refractivity contribution < 1.29 is 31.1 Å². The molecule has 2 aromatic heterocycles. The minimum absolute atomic E-state index is 0.00159. The Kier molecular flexibility index (Phi) is 8.99. The van der Waals surface area contributed by atoms with E-state index in [9.17, 15) is 26.4 Å². The van der Waals surface area contributed by atoms with Crippen LogP contribution in [0, 0.1) is 5.92 Å². The molecule has 2 N–H and O–H groups in total. The number of carbonyl (C=O) groups excluding carboxylic acids is 1. The Balaban J connectivity index is 1.78. The number of nitrogens with zero attached hydrogens (tertiary/aromatic N) is 3. The smallest absolute Gasteiger partial charge is 0.408 e. The summed E-state index contributed by atoms with van der Waals surface area (Å²) in [6.45, 7) is 3.50. The van der Waals surface area contributed by atoms with E-state index in [1.165, 1.54) is 30.3 Å². The zero-order valence-corrected chi connectivity index (χ0v) is 22.6. The Labute approximate surface area is 219 Å². The molecule has 0 bridgehead atoms. The second kappa shape index (κ2) is 11.5. The normalized spacial score (nSPS) is 19.4. The highest BCUT2D eigenvalue weighted by molar-refractivity contribution is 7.91. The molecule has 1 aliphatic carbocycles. The summed E-state index contributed by atoms with van der Waals surface area (Å²) >= 11 is 6.58. The van der Waals surface area contributed by atoms with Gasteiger partial charge in [0.25, 0.3) is 5.91 Å². The van der Waals surface area contributed by atoms with Gasteiger partial charge < -0.3 is 15.4 Å². The number of nitrogens with one attached hydrogen (secondary N) is 2. The van der Waals surface area contributed by atoms with Gasteiger partial charge in [0, 0.05) is 31.6 Å². The van der Waals surface area contributed by atoms with E-state index in [1.807, 2.05) is 0 Å². The number of rotatable bonds is 9. The van der Waals surface area contributed by atoms with Gasteiger partial charge in [0.2, 0.25) is 0 Å². The lowest BCUT2D eigenvalue weighted by Crippen LogP contribution is -2.34. The molecule has 1 aliphatic rings. The number of aromatic nitrogens is 3. The highest BCUT2D eigenvalue weighted by atomic mass is 35.5. The number of carbonyl (C=O) groups is 1. The Hall–Kier alpha value is -2.54. The van der Waals surface area contributed by atoms with Gasteiger partial charge in [-0.05, 0) is 45.4 Å². The third-order valence-electron chi connectivity index (χ3n) is 6.56. The minimum atomic E-state index is -4.45. The van der Waals surface area contributed by atoms with Crippen molar-refractivity contribution in [3.8, 4) is 17.0 Å². The van der Waals surface area contributed by atoms with E-state index in [4.69, 9.17) is 16.3 Å². The standard InChI is InChI=1S/C23H31ClF3N5O4S/c1-5-32-21(16-12-28-18(10-17(16)36-3)30-13(2)23(25,26)27)19(24)20(31-32)22(33)29-11-14-6-8-15(9-7-14)37(4,34)35/h10,12-15H,5-9,11H2,1-4H3,(H,28,30)(H,29,33). The van der Waals surface area contributed by atoms with Crippen molar-refractivity contribution in [2.24, 2.45) is 5.92 Å². The van der Waals surface area contributed by atoms with Crippen LogP contribution in [0.2, 0.25) is 5.02 Å². The van der Waals surface area contributed by atoms with Crippen LogP contribution >= 0.6 is 11.6 Å². The van der Waals surface area contributed by atoms with Crippen LogP contribution < -0.4 is 15.4 Å². The number of ether oxygens (including phenoxy) is 1. The van der Waals surface area contributed by atoms with Crippen molar-refractivity contribution in [3.05, 3.63) is 23.0 Å². The van der Waals surface area contributed by atoms with E-state index in [0.717, 1.165) is 6.92 Å². The first kappa shape index (κ1) is 29.0. The molecule has 3 rings (SSSR count). The van der Waals surface area contributed by atoms with Crippen molar-refractivity contribution in [2.75, 3.05) is 25.2 Å². The van der Waals surface area contributed by atoms with Crippen molar-refractivity contribution in [3.63, 3.8) is 0 Å². The van der Waals surface area contributed by atoms with E-state index < -0.39 is 28.0 Å². The first-order valence-electron chi connectivity index (χ1n) is 11.9. The van der Waals surface area contributed by atoms with E-state index in [0.29, 0.717) is 50.0 Å². The van der Waals surface area contributed by atoms with E-state index in [-0.39, 0.29) is 33.5 Å². The Morgan fingerprint density at radius 3 is 2.49 bits per heavy atom. The van der Waals surface area contributed by atoms with Crippen LogP contribution in [0.3, 0.4) is 0 Å². The quantitative estimate of drug-likeness (QED) is 0.465. The van der Waals surface area contributed by atoms with Gasteiger partial charge in [0.15, 0.2) is 5.69 Å². The number of pyridine rings is 1. The Morgan fingerprint density at radius 2 is 1.95 bits per heavy atom. The third kappa shape index (κ3) is 6.86. The monoisotopic (exact) mass is 565 g/mol. The average Bonchev–Trinajstić information content (AvgIpc) is 3.17. The molecule has 1 amide bonds. The summed E-state index contributed by atoms with van der Waals surface area (Å²) < 4.78 is 69.2. The first-order valence-corrected chi connectivity index (χ1v) is 14.2. The third-order valence-corrected chi connectivity index (χ3v) is 8.60. The fourth-order valence-electron chi connectivity index (χ4n) is 4.32. The zero-order chi connectivity index (χ0) is 27.5. The van der Waals surface area contributed by atoms with Gasteiger partial charge in [0.1, 0.15) is 27.4 Å². The lowest BCUT2D eigenvalue weighted by molar-refractivity contribution is -0.138. The maximum absolute atomic E-state index is 12.9. The van der Waals surface area contributed by atoms with Crippen molar-refractivity contribution in [1.82, 2.24) is 20.1 Å². The molecule has 0 aromatic carbocycles. The number of aryl methyl sites for hydroxylation is 1. The highest BCUT2D eigenvalue weighted by Gasteiger charge is 2.36. The minimum Gasteiger partial charge on any atom is -0.496 e. The summed E-state index contributed by atoms with van der Waals surface area (Å²) in [4.78, 5) is 17.0. The summed E-state index contributed by atoms with van der Waals surface area (Å²) in [5.41, 5.74) is 0.714. The van der Waals surface area contributed by atoms with Gasteiger partial charge in [-0.25, -0.2) is 13.4 Å². The summed E-state index contributed by atoms with van der Waals surface area (Å²) in [6, 6.07) is -0.495. The molecular formula is C23H31ClF3N5O4S. The number of hydrogen-bond acceptors (Lipinski definition) is 7. The fraction of sp³-hybridized carbons (Fsp3) is 0.609. The molecule has 206 valence electrons. The molecule has 1 fully saturated rings. The predicted octanol–water partition coefficient (Wildman–Crippen LogP) is 4.32. The number of sulfone groups is 1. The number of methoxy groups -OCH3 is 1. The van der Waals surface area contributed by atoms with Gasteiger partial charge in [0.05, 0.1) is 28.6 Å². The van der Waals surface area contributed by atoms with E-state index in [1.54, 1.807) is 6.92 Å². The first-order chi connectivity index (χ1) is 17.3. The maximum Gasteiger partial charge on any atom is 0.408 e. The molecule has 14 heteroatoms. The number of amides is 1. The molecule has 0 radical (unpaired) electrons. The van der Waals surface area contributed by atoms with Gasteiger partial charge in [-0.2, -0.15) is 18.3 Å². The molecule has 0 aliphatic heterocycles. The van der Waals surface area contributed by atoms with Crippen LogP contribution in [-0.4, -0.2) is 66.5 Å². The van der Waals surface area contributed by atoms with Gasteiger partial charge >= 0.3 is 6.18 Å². The van der Waals surface area contributed by atoms with E-state index in [2.05, 4.69) is 20.7 Å². The maximum atomic E-state index is 12.9. The summed E-state index contributed by atoms with van der Waals surface area (Å²) in [5.74, 6) is -0.157. The number of alkyl halides is 3. The predicted molar refractivity (Wildman–Crippen MR) is 135 cm³/mol. The number of anilines is 1. The molecule has 0 spiro atoms. The second-order valence-corrected chi connectivity index (χ2v) is 11.9. The molecule has 37 heavy (non-hydrogen) atoms. The van der Waals surface area contributed by atoms with Crippen LogP contribution in [0.15, 0.2) is 12.3 Å². The van der Waals surface area contributed by atoms with Crippen LogP contribution in [0.1, 0.15) is 50.0 Å². The second-order valence-electron chi connectivity index (χ2n) is 9.19. The Bertz CT molecular complexity index is 1230. The lowest BCUT2D eigenvalue weighted by Gasteiger charge is -2.27. The van der Waals surface area contributed by atoms with Crippen molar-refractivity contribution in [2.45, 2.75) is 63.5 Å². The zero-order valence-electron chi connectivity index (χ0n) is 21.0. The van der Waals surface area contributed by atoms with Crippen LogP contribution in [0.5, 0.6) is 5.75 Å². The van der Waals surface area contributed by atoms with Gasteiger partial charge in [-0.15, -0.1) is 0 Å². The van der Waals surface area contributed by atoms with Crippen LogP contribution in [0.4, 0.5) is 19.0 Å². The van der Waals surface area contributed by atoms with Crippen LogP contribution in [0.25, 0.3) is 11.3 Å². The van der Waals surface area contributed by atoms with Crippen molar-refractivity contribution >= 4 is 33.2 Å². The number of hydrogen-bond donors (Lipinski definition) is 2. The van der Waals surface area contributed by atoms with E-state index >= 15 is 0 Å². The van der Waals surface area contributed by atoms with Gasteiger partial charge in [-0.3, -0.25) is 9.48 Å². The molecule has 2 aromatic rings. The molecule has 2 heterocycles. The average molecular weight is 566 g/mol. The van der Waals surface area contributed by atoms with Gasteiger partial charge in [-0.1, -0.05) is 11.6 Å². The molecular weight excluding hydrogens is 535 g/mol. The molecule has 0 saturated heterocycles. The topological polar surface area (TPSA) is 115 Å². The van der Waals surface area contributed by atoms with Crippen LogP contribution in [-0.2, 0) is 16.4 Å². The summed E-state index contributed by atoms with van der Waals surface area (Å²) in [5, 5.41) is 9.19. The summed E-state index contributed by atoms with van der Waals surface area (Å²) in [6.07, 6.45) is 0.630. The largest absolute Gasteiger partial charge is 0.496 e. The molecule has 1 atom stereocenters. The lowest BCUT2D eigenvalue weighted by atomic mass is 9.89. The fourth-order valence-corrected chi connectivity index (χ4v) is 5.77. The molecule has 9 nitrogen and oxygen atoms in total. The summed E-state index contributed by atoms with van der Waals surface area (Å²) in [7, 11) is -1.70. The highest BCUT2D eigenvalue weighted by Crippen LogP contribution is 2.38. The Morgan fingerprint density at radius 1 is 1.30 bits per heavy atom.